The first kappa shape index (κ1) is 31.3. The van der Waals surface area contributed by atoms with E-state index in [1.807, 2.05) is 6.92 Å². The van der Waals surface area contributed by atoms with Crippen LogP contribution in [-0.2, 0) is 25.8 Å². The number of nitrogens with zero attached hydrogens (tertiary/aromatic N) is 4. The molecule has 236 valence electrons. The van der Waals surface area contributed by atoms with E-state index in [9.17, 15) is 19.1 Å². The Balaban J connectivity index is 0.000000352. The van der Waals surface area contributed by atoms with Gasteiger partial charge in [0.15, 0.2) is 0 Å². The van der Waals surface area contributed by atoms with Gasteiger partial charge in [-0.2, -0.15) is 0 Å². The maximum absolute atomic E-state index is 13.5. The van der Waals surface area contributed by atoms with Gasteiger partial charge in [0.1, 0.15) is 5.82 Å². The van der Waals surface area contributed by atoms with Gasteiger partial charge in [-0.05, 0) is 66.6 Å². The van der Waals surface area contributed by atoms with Crippen LogP contribution in [0.25, 0.3) is 21.9 Å². The summed E-state index contributed by atoms with van der Waals surface area (Å²) in [6, 6.07) is 17.6. The molecular weight excluding hydrogens is 605 g/mol. The van der Waals surface area contributed by atoms with Gasteiger partial charge in [0.05, 0.1) is 40.0 Å². The molecule has 1 unspecified atom stereocenters. The zero-order chi connectivity index (χ0) is 32.4. The second-order valence-corrected chi connectivity index (χ2v) is 12.5. The van der Waals surface area contributed by atoms with Gasteiger partial charge < -0.3 is 20.2 Å². The van der Waals surface area contributed by atoms with Crippen molar-refractivity contribution >= 4 is 23.2 Å². The van der Waals surface area contributed by atoms with Gasteiger partial charge in [0.2, 0.25) is 11.8 Å². The number of amides is 2. The number of rotatable bonds is 8. The number of thiophene rings is 1. The molecule has 0 bridgehead atoms. The van der Waals surface area contributed by atoms with Gasteiger partial charge in [0.25, 0.3) is 11.8 Å². The molecule has 1 aliphatic heterocycles. The summed E-state index contributed by atoms with van der Waals surface area (Å²) in [5.74, 6) is -0.720. The summed E-state index contributed by atoms with van der Waals surface area (Å²) in [6.45, 7) is 4.49. The van der Waals surface area contributed by atoms with E-state index < -0.39 is 17.8 Å². The number of aliphatic hydroxyl groups excluding tert-OH is 1. The minimum atomic E-state index is -1.02. The zero-order valence-corrected chi connectivity index (χ0v) is 26.4. The highest BCUT2D eigenvalue weighted by molar-refractivity contribution is 7.17. The van der Waals surface area contributed by atoms with E-state index in [-0.39, 0.29) is 18.2 Å². The monoisotopic (exact) mass is 639 g/mol. The van der Waals surface area contributed by atoms with Gasteiger partial charge in [-0.3, -0.25) is 14.6 Å². The Hall–Kier alpha value is -4.74. The molecule has 1 aliphatic carbocycles. The normalized spacial score (nSPS) is 14.1. The number of carbonyl (C=O) groups excluding carboxylic acids is 2. The number of benzene rings is 2. The van der Waals surface area contributed by atoms with Crippen LogP contribution in [-0.4, -0.2) is 43.5 Å². The fraction of sp³-hybridized carbons (Fsp3) is 0.286. The largest absolute Gasteiger partial charge is 0.421 e. The molecule has 4 heterocycles. The fourth-order valence-electron chi connectivity index (χ4n) is 6.02. The van der Waals surface area contributed by atoms with Crippen LogP contribution in [0.5, 0.6) is 0 Å². The van der Waals surface area contributed by atoms with E-state index in [1.165, 1.54) is 43.5 Å². The Morgan fingerprint density at radius 3 is 2.37 bits per heavy atom. The minimum absolute atomic E-state index is 0.0404. The quantitative estimate of drug-likeness (QED) is 0.206. The van der Waals surface area contributed by atoms with Crippen molar-refractivity contribution in [3.8, 4) is 21.9 Å². The Bertz CT molecular complexity index is 1880. The van der Waals surface area contributed by atoms with Crippen LogP contribution in [0.3, 0.4) is 0 Å². The summed E-state index contributed by atoms with van der Waals surface area (Å²) in [5.41, 5.74) is 11.5. The molecule has 5 aromatic rings. The van der Waals surface area contributed by atoms with Gasteiger partial charge in [0, 0.05) is 30.3 Å². The first-order valence-corrected chi connectivity index (χ1v) is 16.1. The third-order valence-electron chi connectivity index (χ3n) is 8.17. The second kappa shape index (κ2) is 13.3. The first-order chi connectivity index (χ1) is 22.2. The van der Waals surface area contributed by atoms with Crippen LogP contribution in [0, 0.1) is 12.7 Å². The SMILES string of the molecule is CCCN1Cc2nc(CC(O)c3ccc(F)cc3)c(-c3nnc(C)o3)c(-c3ccc(C(N)=O)s3)c2C1=O.c1ccc2c(c1)CCC2. The lowest BCUT2D eigenvalue weighted by atomic mass is 9.93. The molecule has 11 heteroatoms. The average Bonchev–Trinajstić information content (AvgIpc) is 3.85. The zero-order valence-electron chi connectivity index (χ0n) is 25.6. The van der Waals surface area contributed by atoms with Crippen molar-refractivity contribution in [2.75, 3.05) is 6.54 Å². The Morgan fingerprint density at radius 2 is 1.76 bits per heavy atom. The number of halogens is 1. The average molecular weight is 640 g/mol. The lowest BCUT2D eigenvalue weighted by molar-refractivity contribution is 0.0778. The molecule has 2 aliphatic rings. The van der Waals surface area contributed by atoms with Crippen LogP contribution in [0.4, 0.5) is 4.39 Å². The van der Waals surface area contributed by atoms with Crippen LogP contribution in [0.15, 0.2) is 65.1 Å². The number of nitrogens with two attached hydrogens (primary N) is 1. The molecular formula is C35H34FN5O4S. The topological polar surface area (TPSA) is 135 Å². The molecule has 1 atom stereocenters. The molecule has 0 fully saturated rings. The Labute approximate surface area is 269 Å². The number of hydrogen-bond acceptors (Lipinski definition) is 8. The number of aryl methyl sites for hydroxylation is 3. The third-order valence-corrected chi connectivity index (χ3v) is 9.29. The van der Waals surface area contributed by atoms with Crippen LogP contribution in [0.2, 0.25) is 0 Å². The first-order valence-electron chi connectivity index (χ1n) is 15.3. The Kier molecular flexibility index (Phi) is 9.05. The van der Waals surface area contributed by atoms with Crippen molar-refractivity contribution in [2.45, 2.75) is 58.6 Å². The summed E-state index contributed by atoms with van der Waals surface area (Å²) in [5, 5.41) is 19.2. The maximum atomic E-state index is 13.5. The molecule has 0 radical (unpaired) electrons. The Morgan fingerprint density at radius 1 is 1.04 bits per heavy atom. The van der Waals surface area contributed by atoms with Crippen molar-refractivity contribution < 1.29 is 23.5 Å². The third kappa shape index (κ3) is 6.33. The van der Waals surface area contributed by atoms with E-state index >= 15 is 0 Å². The number of pyridine rings is 1. The number of fused-ring (bicyclic) bond motifs is 2. The number of aliphatic hydroxyl groups is 1. The number of aromatic nitrogens is 3. The van der Waals surface area contributed by atoms with E-state index in [1.54, 1.807) is 35.1 Å². The maximum Gasteiger partial charge on any atom is 0.258 e. The molecule has 2 amide bonds. The summed E-state index contributed by atoms with van der Waals surface area (Å²) >= 11 is 1.15. The summed E-state index contributed by atoms with van der Waals surface area (Å²) in [7, 11) is 0. The molecule has 0 spiro atoms. The molecule has 0 saturated heterocycles. The molecule has 2 aromatic carbocycles. The predicted molar refractivity (Wildman–Crippen MR) is 173 cm³/mol. The van der Waals surface area contributed by atoms with E-state index in [0.29, 0.717) is 62.4 Å². The van der Waals surface area contributed by atoms with Crippen LogP contribution in [0.1, 0.15) is 79.9 Å². The predicted octanol–water partition coefficient (Wildman–Crippen LogP) is 6.22. The van der Waals surface area contributed by atoms with Crippen molar-refractivity contribution in [2.24, 2.45) is 5.73 Å². The number of hydrogen-bond donors (Lipinski definition) is 2. The standard InChI is InChI=1S/C26H24FN5O4S.C9H10/c1-3-10-32-12-17-22(26(32)35)23(19-8-9-20(37-19)24(28)34)21(25-31-30-13(2)36-25)16(29-17)11-18(33)14-4-6-15(27)7-5-14;1-2-5-9-7-3-6-8(9)4-1/h4-9,18,33H,3,10-12H2,1-2H3,(H2,28,34);1-2,4-5H,3,6-7H2. The van der Waals surface area contributed by atoms with Gasteiger partial charge in [-0.25, -0.2) is 4.39 Å². The number of primary amides is 1. The van der Waals surface area contributed by atoms with E-state index in [2.05, 4.69) is 34.5 Å². The van der Waals surface area contributed by atoms with Crippen LogP contribution >= 0.6 is 11.3 Å². The lowest BCUT2D eigenvalue weighted by Crippen LogP contribution is -2.24. The smallest absolute Gasteiger partial charge is 0.258 e. The molecule has 46 heavy (non-hydrogen) atoms. The molecule has 3 N–H and O–H groups in total. The van der Waals surface area contributed by atoms with E-state index in [0.717, 1.165) is 17.8 Å². The van der Waals surface area contributed by atoms with E-state index in [4.69, 9.17) is 15.1 Å². The van der Waals surface area contributed by atoms with Crippen molar-refractivity contribution in [3.63, 3.8) is 0 Å². The number of carbonyl (C=O) groups is 2. The van der Waals surface area contributed by atoms with Crippen molar-refractivity contribution in [3.05, 3.63) is 111 Å². The highest BCUT2D eigenvalue weighted by Crippen LogP contribution is 2.44. The summed E-state index contributed by atoms with van der Waals surface area (Å²) in [4.78, 5) is 32.9. The highest BCUT2D eigenvalue weighted by atomic mass is 32.1. The minimum Gasteiger partial charge on any atom is -0.421 e. The van der Waals surface area contributed by atoms with Crippen molar-refractivity contribution in [1.29, 1.82) is 0 Å². The van der Waals surface area contributed by atoms with Gasteiger partial charge in [-0.1, -0.05) is 43.3 Å². The highest BCUT2D eigenvalue weighted by Gasteiger charge is 2.36. The second-order valence-electron chi connectivity index (χ2n) is 11.4. The van der Waals surface area contributed by atoms with Crippen molar-refractivity contribution in [1.82, 2.24) is 20.1 Å². The molecule has 3 aromatic heterocycles. The molecule has 7 rings (SSSR count). The fourth-order valence-corrected chi connectivity index (χ4v) is 6.94. The van der Waals surface area contributed by atoms with Gasteiger partial charge in [-0.15, -0.1) is 21.5 Å². The lowest BCUT2D eigenvalue weighted by Gasteiger charge is -2.17. The summed E-state index contributed by atoms with van der Waals surface area (Å²) < 4.78 is 19.3. The summed E-state index contributed by atoms with van der Waals surface area (Å²) in [6.07, 6.45) is 3.76. The van der Waals surface area contributed by atoms with Gasteiger partial charge >= 0.3 is 0 Å². The van der Waals surface area contributed by atoms with Crippen LogP contribution < -0.4 is 5.73 Å². The molecule has 0 saturated carbocycles. The molecule has 9 nitrogen and oxygen atoms in total.